The highest BCUT2D eigenvalue weighted by molar-refractivity contribution is 5.14. The van der Waals surface area contributed by atoms with Crippen LogP contribution in [0.3, 0.4) is 0 Å². The second kappa shape index (κ2) is 5.53. The minimum atomic E-state index is 0.0505. The summed E-state index contributed by atoms with van der Waals surface area (Å²) < 4.78 is 0. The van der Waals surface area contributed by atoms with Gasteiger partial charge in [-0.3, -0.25) is 0 Å². The minimum Gasteiger partial charge on any atom is -0.393 e. The standard InChI is InChI=1S/C17H30O/c1-2-3-4-5-6-7-8-14(18)17-15-12-9-10-13(11-12)16(15)17/h12-18H,2-11H2,1H3. The Morgan fingerprint density at radius 3 is 2.22 bits per heavy atom. The van der Waals surface area contributed by atoms with Crippen molar-refractivity contribution in [3.05, 3.63) is 0 Å². The van der Waals surface area contributed by atoms with Gasteiger partial charge in [0.1, 0.15) is 0 Å². The molecule has 0 spiro atoms. The van der Waals surface area contributed by atoms with Crippen molar-refractivity contribution in [2.45, 2.75) is 77.2 Å². The van der Waals surface area contributed by atoms with E-state index in [0.717, 1.165) is 36.0 Å². The normalized spacial score (nSPS) is 42.0. The van der Waals surface area contributed by atoms with Gasteiger partial charge in [-0.1, -0.05) is 45.4 Å². The van der Waals surface area contributed by atoms with E-state index in [1.807, 2.05) is 0 Å². The third-order valence-electron chi connectivity index (χ3n) is 6.09. The van der Waals surface area contributed by atoms with Crippen molar-refractivity contribution in [1.29, 1.82) is 0 Å². The van der Waals surface area contributed by atoms with Gasteiger partial charge in [0.05, 0.1) is 6.10 Å². The van der Waals surface area contributed by atoms with Crippen molar-refractivity contribution in [3.63, 3.8) is 0 Å². The van der Waals surface area contributed by atoms with Gasteiger partial charge in [0, 0.05) is 0 Å². The number of hydrogen-bond acceptors (Lipinski definition) is 1. The van der Waals surface area contributed by atoms with E-state index < -0.39 is 0 Å². The zero-order valence-electron chi connectivity index (χ0n) is 12.0. The molecule has 1 N–H and O–H groups in total. The van der Waals surface area contributed by atoms with Gasteiger partial charge in [-0.2, -0.15) is 0 Å². The number of rotatable bonds is 8. The number of unbranched alkanes of at least 4 members (excludes halogenated alkanes) is 5. The molecular formula is C17H30O. The zero-order valence-corrected chi connectivity index (χ0v) is 12.0. The Kier molecular flexibility index (Phi) is 3.98. The summed E-state index contributed by atoms with van der Waals surface area (Å²) in [5, 5.41) is 10.4. The van der Waals surface area contributed by atoms with Gasteiger partial charge in [-0.15, -0.1) is 0 Å². The first kappa shape index (κ1) is 13.0. The predicted molar refractivity (Wildman–Crippen MR) is 75.3 cm³/mol. The van der Waals surface area contributed by atoms with Crippen LogP contribution in [0, 0.1) is 29.6 Å². The molecular weight excluding hydrogens is 220 g/mol. The second-order valence-corrected chi connectivity index (χ2v) is 7.19. The highest BCUT2D eigenvalue weighted by atomic mass is 16.3. The van der Waals surface area contributed by atoms with Crippen LogP contribution in [0.15, 0.2) is 0 Å². The van der Waals surface area contributed by atoms with E-state index in [2.05, 4.69) is 6.92 Å². The first-order valence-corrected chi connectivity index (χ1v) is 8.51. The van der Waals surface area contributed by atoms with E-state index in [4.69, 9.17) is 0 Å². The summed E-state index contributed by atoms with van der Waals surface area (Å²) in [6.45, 7) is 2.27. The SMILES string of the molecule is CCCCCCCCC(O)C1C2C3CCC(C3)C12. The Morgan fingerprint density at radius 2 is 1.56 bits per heavy atom. The van der Waals surface area contributed by atoms with Crippen LogP contribution in [0.2, 0.25) is 0 Å². The number of aliphatic hydroxyl groups excluding tert-OH is 1. The summed E-state index contributed by atoms with van der Waals surface area (Å²) in [5.74, 6) is 4.68. The Labute approximate surface area is 112 Å². The third-order valence-corrected chi connectivity index (χ3v) is 6.09. The highest BCUT2D eigenvalue weighted by Gasteiger charge is 2.66. The van der Waals surface area contributed by atoms with Crippen molar-refractivity contribution >= 4 is 0 Å². The fourth-order valence-corrected chi connectivity index (χ4v) is 5.23. The van der Waals surface area contributed by atoms with Crippen LogP contribution in [0.5, 0.6) is 0 Å². The molecule has 0 aliphatic heterocycles. The Hall–Kier alpha value is -0.0400. The van der Waals surface area contributed by atoms with Crippen LogP contribution in [-0.4, -0.2) is 11.2 Å². The molecule has 3 aliphatic rings. The summed E-state index contributed by atoms with van der Waals surface area (Å²) in [6.07, 6.45) is 13.7. The molecule has 0 heterocycles. The van der Waals surface area contributed by atoms with Gasteiger partial charge < -0.3 is 5.11 Å². The molecule has 1 nitrogen and oxygen atoms in total. The Morgan fingerprint density at radius 1 is 0.944 bits per heavy atom. The van der Waals surface area contributed by atoms with Crippen LogP contribution in [-0.2, 0) is 0 Å². The molecule has 0 radical (unpaired) electrons. The van der Waals surface area contributed by atoms with Crippen LogP contribution in [0.25, 0.3) is 0 Å². The van der Waals surface area contributed by atoms with E-state index in [-0.39, 0.29) is 6.10 Å². The molecule has 3 saturated carbocycles. The minimum absolute atomic E-state index is 0.0505. The summed E-state index contributed by atoms with van der Waals surface area (Å²) in [6, 6.07) is 0. The molecule has 2 bridgehead atoms. The zero-order chi connectivity index (χ0) is 12.5. The maximum atomic E-state index is 10.4. The van der Waals surface area contributed by atoms with Gasteiger partial charge >= 0.3 is 0 Å². The molecule has 104 valence electrons. The average Bonchev–Trinajstić information content (AvgIpc) is 2.82. The maximum absolute atomic E-state index is 10.4. The van der Waals surface area contributed by atoms with Gasteiger partial charge in [0.15, 0.2) is 0 Å². The fourth-order valence-electron chi connectivity index (χ4n) is 5.23. The van der Waals surface area contributed by atoms with Crippen LogP contribution < -0.4 is 0 Å². The van der Waals surface area contributed by atoms with Crippen molar-refractivity contribution in [2.75, 3.05) is 0 Å². The molecule has 1 heteroatoms. The molecule has 0 saturated heterocycles. The molecule has 5 atom stereocenters. The smallest absolute Gasteiger partial charge is 0.0574 e. The van der Waals surface area contributed by atoms with Gasteiger partial charge in [0.25, 0.3) is 0 Å². The van der Waals surface area contributed by atoms with E-state index in [1.54, 1.807) is 0 Å². The molecule has 0 aromatic rings. The Balaban J connectivity index is 1.31. The summed E-state index contributed by atoms with van der Waals surface area (Å²) in [4.78, 5) is 0. The largest absolute Gasteiger partial charge is 0.393 e. The van der Waals surface area contributed by atoms with Crippen LogP contribution in [0.4, 0.5) is 0 Å². The van der Waals surface area contributed by atoms with E-state index in [1.165, 1.54) is 57.8 Å². The summed E-state index contributed by atoms with van der Waals surface area (Å²) in [5.41, 5.74) is 0. The average molecular weight is 250 g/mol. The molecule has 3 aliphatic carbocycles. The number of hydrogen-bond donors (Lipinski definition) is 1. The molecule has 5 unspecified atom stereocenters. The van der Waals surface area contributed by atoms with Gasteiger partial charge in [-0.05, 0) is 55.3 Å². The predicted octanol–water partition coefficient (Wildman–Crippen LogP) is 4.39. The first-order chi connectivity index (χ1) is 8.83. The van der Waals surface area contributed by atoms with E-state index in [9.17, 15) is 5.11 Å². The molecule has 3 fully saturated rings. The van der Waals surface area contributed by atoms with Crippen molar-refractivity contribution in [1.82, 2.24) is 0 Å². The molecule has 0 amide bonds. The monoisotopic (exact) mass is 250 g/mol. The summed E-state index contributed by atoms with van der Waals surface area (Å²) in [7, 11) is 0. The van der Waals surface area contributed by atoms with E-state index in [0.29, 0.717) is 0 Å². The maximum Gasteiger partial charge on any atom is 0.0574 e. The lowest BCUT2D eigenvalue weighted by molar-refractivity contribution is 0.116. The number of aliphatic hydroxyl groups is 1. The third kappa shape index (κ3) is 2.35. The lowest BCUT2D eigenvalue weighted by Gasteiger charge is -2.15. The Bertz CT molecular complexity index is 259. The summed E-state index contributed by atoms with van der Waals surface area (Å²) >= 11 is 0. The van der Waals surface area contributed by atoms with Gasteiger partial charge in [-0.25, -0.2) is 0 Å². The molecule has 18 heavy (non-hydrogen) atoms. The van der Waals surface area contributed by atoms with Crippen LogP contribution in [0.1, 0.15) is 71.1 Å². The molecule has 0 aromatic carbocycles. The quantitative estimate of drug-likeness (QED) is 0.633. The molecule has 3 rings (SSSR count). The lowest BCUT2D eigenvalue weighted by Crippen LogP contribution is -2.15. The first-order valence-electron chi connectivity index (χ1n) is 8.51. The fraction of sp³-hybridized carbons (Fsp3) is 1.00. The van der Waals surface area contributed by atoms with Crippen molar-refractivity contribution < 1.29 is 5.11 Å². The van der Waals surface area contributed by atoms with Crippen molar-refractivity contribution in [3.8, 4) is 0 Å². The lowest BCUT2D eigenvalue weighted by atomic mass is 9.96. The highest BCUT2D eigenvalue weighted by Crippen LogP contribution is 2.70. The van der Waals surface area contributed by atoms with Gasteiger partial charge in [0.2, 0.25) is 0 Å². The topological polar surface area (TPSA) is 20.2 Å². The number of fused-ring (bicyclic) bond motifs is 5. The van der Waals surface area contributed by atoms with Crippen molar-refractivity contribution in [2.24, 2.45) is 29.6 Å². The van der Waals surface area contributed by atoms with E-state index >= 15 is 0 Å². The second-order valence-electron chi connectivity index (χ2n) is 7.19. The van der Waals surface area contributed by atoms with Crippen LogP contribution >= 0.6 is 0 Å². The molecule has 0 aromatic heterocycles.